The quantitative estimate of drug-likeness (QED) is 0.848. The van der Waals surface area contributed by atoms with Crippen molar-refractivity contribution in [3.63, 3.8) is 0 Å². The van der Waals surface area contributed by atoms with Crippen LogP contribution in [0.5, 0.6) is 0 Å². The van der Waals surface area contributed by atoms with Crippen LogP contribution in [0.4, 0.5) is 0 Å². The fourth-order valence-electron chi connectivity index (χ4n) is 2.84. The summed E-state index contributed by atoms with van der Waals surface area (Å²) in [5.74, 6) is 0. The standard InChI is InChI=1S/C17H28N2/c1-2-3-7-15-8-10-16(11-9-15)17(18)14-19-12-5-4-6-13-19/h8-11,17H,2-7,12-14,18H2,1H3. The van der Waals surface area contributed by atoms with Gasteiger partial charge in [-0.1, -0.05) is 44.0 Å². The van der Waals surface area contributed by atoms with Gasteiger partial charge in [0.05, 0.1) is 0 Å². The van der Waals surface area contributed by atoms with Crippen LogP contribution in [0.2, 0.25) is 0 Å². The maximum Gasteiger partial charge on any atom is 0.0424 e. The summed E-state index contributed by atoms with van der Waals surface area (Å²) >= 11 is 0. The van der Waals surface area contributed by atoms with E-state index in [4.69, 9.17) is 5.73 Å². The van der Waals surface area contributed by atoms with Gasteiger partial charge in [0.15, 0.2) is 0 Å². The molecule has 2 N–H and O–H groups in total. The molecule has 0 aliphatic carbocycles. The molecule has 2 rings (SSSR count). The lowest BCUT2D eigenvalue weighted by Crippen LogP contribution is -2.36. The van der Waals surface area contributed by atoms with Crippen molar-refractivity contribution in [1.82, 2.24) is 4.90 Å². The van der Waals surface area contributed by atoms with Crippen LogP contribution < -0.4 is 5.73 Å². The summed E-state index contributed by atoms with van der Waals surface area (Å²) in [7, 11) is 0. The van der Waals surface area contributed by atoms with E-state index in [0.29, 0.717) is 0 Å². The maximum atomic E-state index is 6.33. The molecular formula is C17H28N2. The van der Waals surface area contributed by atoms with Crippen molar-refractivity contribution in [2.75, 3.05) is 19.6 Å². The van der Waals surface area contributed by atoms with Crippen molar-refractivity contribution < 1.29 is 0 Å². The van der Waals surface area contributed by atoms with Crippen LogP contribution in [0.3, 0.4) is 0 Å². The van der Waals surface area contributed by atoms with Crippen molar-refractivity contribution in [1.29, 1.82) is 0 Å². The van der Waals surface area contributed by atoms with E-state index in [9.17, 15) is 0 Å². The molecule has 1 aromatic rings. The Morgan fingerprint density at radius 2 is 1.79 bits per heavy atom. The molecule has 1 aromatic carbocycles. The Balaban J connectivity index is 1.85. The van der Waals surface area contributed by atoms with Gasteiger partial charge in [-0.3, -0.25) is 0 Å². The second kappa shape index (κ2) is 7.66. The fraction of sp³-hybridized carbons (Fsp3) is 0.647. The topological polar surface area (TPSA) is 29.3 Å². The van der Waals surface area contributed by atoms with Gasteiger partial charge in [-0.15, -0.1) is 0 Å². The second-order valence-electron chi connectivity index (χ2n) is 5.81. The van der Waals surface area contributed by atoms with Crippen molar-refractivity contribution in [3.8, 4) is 0 Å². The molecule has 0 amide bonds. The summed E-state index contributed by atoms with van der Waals surface area (Å²) in [5.41, 5.74) is 9.06. The van der Waals surface area contributed by atoms with Gasteiger partial charge in [-0.05, 0) is 49.9 Å². The highest BCUT2D eigenvalue weighted by Crippen LogP contribution is 2.17. The number of hydrogen-bond acceptors (Lipinski definition) is 2. The number of benzene rings is 1. The number of hydrogen-bond donors (Lipinski definition) is 1. The predicted molar refractivity (Wildman–Crippen MR) is 82.3 cm³/mol. The largest absolute Gasteiger partial charge is 0.323 e. The molecule has 0 aromatic heterocycles. The molecule has 2 nitrogen and oxygen atoms in total. The molecule has 19 heavy (non-hydrogen) atoms. The van der Waals surface area contributed by atoms with Crippen LogP contribution >= 0.6 is 0 Å². The fourth-order valence-corrected chi connectivity index (χ4v) is 2.84. The molecule has 1 aliphatic heterocycles. The molecule has 1 heterocycles. The Bertz CT molecular complexity index is 352. The lowest BCUT2D eigenvalue weighted by Gasteiger charge is -2.29. The molecule has 0 spiro atoms. The Kier molecular flexibility index (Phi) is 5.87. The molecule has 1 unspecified atom stereocenters. The Morgan fingerprint density at radius 3 is 2.42 bits per heavy atom. The van der Waals surface area contributed by atoms with E-state index >= 15 is 0 Å². The summed E-state index contributed by atoms with van der Waals surface area (Å²) in [6.45, 7) is 5.70. The highest BCUT2D eigenvalue weighted by atomic mass is 15.1. The first-order valence-corrected chi connectivity index (χ1v) is 7.86. The van der Waals surface area contributed by atoms with Crippen molar-refractivity contribution in [3.05, 3.63) is 35.4 Å². The Labute approximate surface area is 118 Å². The number of nitrogens with zero attached hydrogens (tertiary/aromatic N) is 1. The first-order chi connectivity index (χ1) is 9.29. The van der Waals surface area contributed by atoms with E-state index in [1.807, 2.05) is 0 Å². The van der Waals surface area contributed by atoms with Crippen LogP contribution in [-0.2, 0) is 6.42 Å². The first kappa shape index (κ1) is 14.5. The average molecular weight is 260 g/mol. The summed E-state index contributed by atoms with van der Waals surface area (Å²) in [4.78, 5) is 2.51. The summed E-state index contributed by atoms with van der Waals surface area (Å²) in [6.07, 6.45) is 7.79. The predicted octanol–water partition coefficient (Wildman–Crippen LogP) is 3.51. The molecule has 0 radical (unpaired) electrons. The number of rotatable bonds is 6. The van der Waals surface area contributed by atoms with Gasteiger partial charge in [0, 0.05) is 12.6 Å². The van der Waals surface area contributed by atoms with Crippen molar-refractivity contribution in [2.24, 2.45) is 5.73 Å². The molecule has 1 fully saturated rings. The third-order valence-electron chi connectivity index (χ3n) is 4.13. The summed E-state index contributed by atoms with van der Waals surface area (Å²) < 4.78 is 0. The van der Waals surface area contributed by atoms with Crippen molar-refractivity contribution in [2.45, 2.75) is 51.5 Å². The van der Waals surface area contributed by atoms with Gasteiger partial charge in [-0.2, -0.15) is 0 Å². The third-order valence-corrected chi connectivity index (χ3v) is 4.13. The van der Waals surface area contributed by atoms with E-state index in [1.54, 1.807) is 0 Å². The van der Waals surface area contributed by atoms with Gasteiger partial charge in [0.25, 0.3) is 0 Å². The maximum absolute atomic E-state index is 6.33. The van der Waals surface area contributed by atoms with E-state index in [0.717, 1.165) is 6.54 Å². The zero-order chi connectivity index (χ0) is 13.5. The van der Waals surface area contributed by atoms with Crippen LogP contribution in [-0.4, -0.2) is 24.5 Å². The molecule has 2 heteroatoms. The molecule has 106 valence electrons. The van der Waals surface area contributed by atoms with Gasteiger partial charge < -0.3 is 10.6 Å². The van der Waals surface area contributed by atoms with Gasteiger partial charge in [-0.25, -0.2) is 0 Å². The van der Waals surface area contributed by atoms with Crippen LogP contribution in [0.1, 0.15) is 56.2 Å². The summed E-state index contributed by atoms with van der Waals surface area (Å²) in [5, 5.41) is 0. The highest BCUT2D eigenvalue weighted by molar-refractivity contribution is 5.25. The van der Waals surface area contributed by atoms with Crippen molar-refractivity contribution >= 4 is 0 Å². The minimum Gasteiger partial charge on any atom is -0.323 e. The minimum absolute atomic E-state index is 0.165. The Hall–Kier alpha value is -0.860. The average Bonchev–Trinajstić information content (AvgIpc) is 2.46. The van der Waals surface area contributed by atoms with Gasteiger partial charge in [0.1, 0.15) is 0 Å². The molecular weight excluding hydrogens is 232 g/mol. The number of nitrogens with two attached hydrogens (primary N) is 1. The first-order valence-electron chi connectivity index (χ1n) is 7.86. The second-order valence-corrected chi connectivity index (χ2v) is 5.81. The lowest BCUT2D eigenvalue weighted by molar-refractivity contribution is 0.216. The third kappa shape index (κ3) is 4.63. The number of unbranched alkanes of at least 4 members (excludes halogenated alkanes) is 1. The monoisotopic (exact) mass is 260 g/mol. The zero-order valence-electron chi connectivity index (χ0n) is 12.3. The van der Waals surface area contributed by atoms with E-state index in [-0.39, 0.29) is 6.04 Å². The van der Waals surface area contributed by atoms with Gasteiger partial charge >= 0.3 is 0 Å². The minimum atomic E-state index is 0.165. The van der Waals surface area contributed by atoms with E-state index < -0.39 is 0 Å². The molecule has 1 aliphatic rings. The van der Waals surface area contributed by atoms with Crippen LogP contribution in [0.25, 0.3) is 0 Å². The number of aryl methyl sites for hydroxylation is 1. The molecule has 0 bridgehead atoms. The smallest absolute Gasteiger partial charge is 0.0424 e. The molecule has 1 saturated heterocycles. The van der Waals surface area contributed by atoms with Gasteiger partial charge in [0.2, 0.25) is 0 Å². The van der Waals surface area contributed by atoms with Crippen LogP contribution in [0, 0.1) is 0 Å². The zero-order valence-corrected chi connectivity index (χ0v) is 12.3. The number of likely N-dealkylation sites (tertiary alicyclic amines) is 1. The molecule has 1 atom stereocenters. The lowest BCUT2D eigenvalue weighted by atomic mass is 10.0. The number of piperidine rings is 1. The summed E-state index contributed by atoms with van der Waals surface area (Å²) in [6, 6.07) is 9.11. The highest BCUT2D eigenvalue weighted by Gasteiger charge is 2.14. The SMILES string of the molecule is CCCCc1ccc(C(N)CN2CCCCC2)cc1. The Morgan fingerprint density at radius 1 is 1.11 bits per heavy atom. The molecule has 0 saturated carbocycles. The van der Waals surface area contributed by atoms with E-state index in [2.05, 4.69) is 36.1 Å². The van der Waals surface area contributed by atoms with Crippen LogP contribution in [0.15, 0.2) is 24.3 Å². The van der Waals surface area contributed by atoms with E-state index in [1.165, 1.54) is 62.7 Å². The normalized spacial score (nSPS) is 18.4.